The van der Waals surface area contributed by atoms with Crippen LogP contribution in [-0.4, -0.2) is 16.2 Å². The molecule has 3 nitrogen and oxygen atoms in total. The first-order valence-corrected chi connectivity index (χ1v) is 10.9. The molecular weight excluding hydrogens is 362 g/mol. The van der Waals surface area contributed by atoms with Crippen molar-refractivity contribution < 1.29 is 0 Å². The van der Waals surface area contributed by atoms with Gasteiger partial charge in [-0.15, -0.1) is 11.8 Å². The Labute approximate surface area is 171 Å². The lowest BCUT2D eigenvalue weighted by Gasteiger charge is -2.14. The Balaban J connectivity index is 1.91. The summed E-state index contributed by atoms with van der Waals surface area (Å²) < 4.78 is 0. The van der Waals surface area contributed by atoms with Gasteiger partial charge in [-0.2, -0.15) is 5.26 Å². The summed E-state index contributed by atoms with van der Waals surface area (Å²) in [6.07, 6.45) is 6.20. The van der Waals surface area contributed by atoms with E-state index in [1.807, 2.05) is 31.2 Å². The zero-order valence-corrected chi connectivity index (χ0v) is 17.5. The number of hydrogen-bond acceptors (Lipinski definition) is 4. The highest BCUT2D eigenvalue weighted by molar-refractivity contribution is 7.98. The van der Waals surface area contributed by atoms with Gasteiger partial charge in [0.1, 0.15) is 10.9 Å². The van der Waals surface area contributed by atoms with E-state index >= 15 is 0 Å². The molecule has 2 aromatic carbocycles. The van der Waals surface area contributed by atoms with Crippen LogP contribution in [0.1, 0.15) is 48.0 Å². The van der Waals surface area contributed by atoms with Gasteiger partial charge in [0.05, 0.1) is 11.6 Å². The lowest BCUT2D eigenvalue weighted by atomic mass is 9.97. The second kappa shape index (κ2) is 9.52. The van der Waals surface area contributed by atoms with E-state index in [4.69, 9.17) is 4.98 Å². The van der Waals surface area contributed by atoms with Crippen molar-refractivity contribution in [3.8, 4) is 17.2 Å². The minimum absolute atomic E-state index is 0.703. The first-order chi connectivity index (χ1) is 13.7. The standard InChI is InChI=1S/C24H25N3S/c1-4-5-10-23-22(24(28-3)27-17(2)26-23)15-18-11-13-19(14-12-18)21-9-7-6-8-20(21)16-25/h6-9,11-14H,4-5,10,15H2,1-3H3. The van der Waals surface area contributed by atoms with Crippen LogP contribution in [0, 0.1) is 18.3 Å². The molecule has 1 aromatic heterocycles. The second-order valence-electron chi connectivity index (χ2n) is 6.84. The van der Waals surface area contributed by atoms with Crippen LogP contribution in [0.25, 0.3) is 11.1 Å². The Kier molecular flexibility index (Phi) is 6.84. The molecular formula is C24H25N3S. The van der Waals surface area contributed by atoms with E-state index in [9.17, 15) is 5.26 Å². The summed E-state index contributed by atoms with van der Waals surface area (Å²) in [6, 6.07) is 18.5. The molecule has 142 valence electrons. The highest BCUT2D eigenvalue weighted by Gasteiger charge is 2.13. The van der Waals surface area contributed by atoms with Gasteiger partial charge < -0.3 is 0 Å². The number of aryl methyl sites for hydroxylation is 2. The van der Waals surface area contributed by atoms with Crippen molar-refractivity contribution in [1.29, 1.82) is 5.26 Å². The van der Waals surface area contributed by atoms with Gasteiger partial charge >= 0.3 is 0 Å². The molecule has 0 amide bonds. The number of thioether (sulfide) groups is 1. The molecule has 0 spiro atoms. The molecule has 0 bridgehead atoms. The summed E-state index contributed by atoms with van der Waals surface area (Å²) in [5.41, 5.74) is 6.41. The first-order valence-electron chi connectivity index (χ1n) is 9.65. The number of unbranched alkanes of at least 4 members (excludes halogenated alkanes) is 1. The average molecular weight is 388 g/mol. The van der Waals surface area contributed by atoms with Crippen molar-refractivity contribution in [2.24, 2.45) is 0 Å². The van der Waals surface area contributed by atoms with E-state index in [1.54, 1.807) is 11.8 Å². The van der Waals surface area contributed by atoms with Crippen LogP contribution in [0.4, 0.5) is 0 Å². The van der Waals surface area contributed by atoms with Crippen LogP contribution in [-0.2, 0) is 12.8 Å². The molecule has 0 saturated heterocycles. The topological polar surface area (TPSA) is 49.6 Å². The van der Waals surface area contributed by atoms with E-state index in [0.717, 1.165) is 47.7 Å². The molecule has 0 unspecified atom stereocenters. The molecule has 0 N–H and O–H groups in total. The van der Waals surface area contributed by atoms with Gasteiger partial charge in [0.2, 0.25) is 0 Å². The van der Waals surface area contributed by atoms with Gasteiger partial charge in [-0.25, -0.2) is 9.97 Å². The molecule has 0 aliphatic heterocycles. The summed E-state index contributed by atoms with van der Waals surface area (Å²) >= 11 is 1.69. The zero-order chi connectivity index (χ0) is 19.9. The summed E-state index contributed by atoms with van der Waals surface area (Å²) in [7, 11) is 0. The minimum Gasteiger partial charge on any atom is -0.238 e. The van der Waals surface area contributed by atoms with Crippen molar-refractivity contribution in [2.75, 3.05) is 6.26 Å². The molecule has 4 heteroatoms. The second-order valence-corrected chi connectivity index (χ2v) is 7.63. The van der Waals surface area contributed by atoms with Crippen molar-refractivity contribution in [2.45, 2.75) is 44.6 Å². The van der Waals surface area contributed by atoms with Crippen molar-refractivity contribution >= 4 is 11.8 Å². The van der Waals surface area contributed by atoms with Gasteiger partial charge in [-0.1, -0.05) is 55.8 Å². The lowest BCUT2D eigenvalue weighted by Crippen LogP contribution is -2.06. The van der Waals surface area contributed by atoms with Gasteiger partial charge in [0.15, 0.2) is 0 Å². The Morgan fingerprint density at radius 2 is 1.79 bits per heavy atom. The van der Waals surface area contributed by atoms with Crippen LogP contribution >= 0.6 is 11.8 Å². The van der Waals surface area contributed by atoms with Gasteiger partial charge in [0.25, 0.3) is 0 Å². The van der Waals surface area contributed by atoms with E-state index in [0.29, 0.717) is 5.56 Å². The Hall–Kier alpha value is -2.64. The third-order valence-corrected chi connectivity index (χ3v) is 5.54. The number of benzene rings is 2. The number of rotatable bonds is 7. The quantitative estimate of drug-likeness (QED) is 0.370. The molecule has 1 heterocycles. The maximum atomic E-state index is 9.34. The van der Waals surface area contributed by atoms with Gasteiger partial charge in [-0.3, -0.25) is 0 Å². The van der Waals surface area contributed by atoms with Crippen LogP contribution in [0.15, 0.2) is 53.6 Å². The number of nitrogens with zero attached hydrogens (tertiary/aromatic N) is 3. The Morgan fingerprint density at radius 3 is 2.46 bits per heavy atom. The van der Waals surface area contributed by atoms with E-state index < -0.39 is 0 Å². The third-order valence-electron chi connectivity index (χ3n) is 4.82. The normalized spacial score (nSPS) is 10.6. The van der Waals surface area contributed by atoms with Crippen molar-refractivity contribution in [3.63, 3.8) is 0 Å². The first kappa shape index (κ1) is 20.1. The summed E-state index contributed by atoms with van der Waals surface area (Å²) in [5, 5.41) is 10.4. The largest absolute Gasteiger partial charge is 0.238 e. The van der Waals surface area contributed by atoms with Crippen LogP contribution in [0.3, 0.4) is 0 Å². The molecule has 0 aliphatic carbocycles. The Morgan fingerprint density at radius 1 is 1.04 bits per heavy atom. The molecule has 0 aliphatic rings. The zero-order valence-electron chi connectivity index (χ0n) is 16.7. The maximum Gasteiger partial charge on any atom is 0.126 e. The molecule has 0 saturated carbocycles. The number of hydrogen-bond donors (Lipinski definition) is 0. The van der Waals surface area contributed by atoms with Gasteiger partial charge in [-0.05, 0) is 48.8 Å². The van der Waals surface area contributed by atoms with Gasteiger partial charge in [0, 0.05) is 17.7 Å². The predicted molar refractivity (Wildman–Crippen MR) is 117 cm³/mol. The maximum absolute atomic E-state index is 9.34. The fourth-order valence-electron chi connectivity index (χ4n) is 3.36. The van der Waals surface area contributed by atoms with E-state index in [-0.39, 0.29) is 0 Å². The van der Waals surface area contributed by atoms with Crippen LogP contribution in [0.5, 0.6) is 0 Å². The lowest BCUT2D eigenvalue weighted by molar-refractivity contribution is 0.743. The van der Waals surface area contributed by atoms with E-state index in [1.165, 1.54) is 16.8 Å². The Bertz CT molecular complexity index is 988. The smallest absolute Gasteiger partial charge is 0.126 e. The van der Waals surface area contributed by atoms with Crippen LogP contribution < -0.4 is 0 Å². The molecule has 28 heavy (non-hydrogen) atoms. The molecule has 3 rings (SSSR count). The fraction of sp³-hybridized carbons (Fsp3) is 0.292. The SMILES string of the molecule is CCCCc1nc(C)nc(SC)c1Cc1ccc(-c2ccccc2C#N)cc1. The predicted octanol–water partition coefficient (Wildman–Crippen LogP) is 5.98. The van der Waals surface area contributed by atoms with Crippen LogP contribution in [0.2, 0.25) is 0 Å². The highest BCUT2D eigenvalue weighted by atomic mass is 32.2. The highest BCUT2D eigenvalue weighted by Crippen LogP contribution is 2.27. The molecule has 0 radical (unpaired) electrons. The number of aromatic nitrogens is 2. The van der Waals surface area contributed by atoms with Crippen molar-refractivity contribution in [3.05, 3.63) is 76.7 Å². The molecule has 3 aromatic rings. The van der Waals surface area contributed by atoms with E-state index in [2.05, 4.69) is 48.5 Å². The van der Waals surface area contributed by atoms with Crippen molar-refractivity contribution in [1.82, 2.24) is 9.97 Å². The molecule has 0 atom stereocenters. The summed E-state index contributed by atoms with van der Waals surface area (Å²) in [4.78, 5) is 9.40. The summed E-state index contributed by atoms with van der Waals surface area (Å²) in [6.45, 7) is 4.18. The average Bonchev–Trinajstić information content (AvgIpc) is 2.74. The third kappa shape index (κ3) is 4.61. The summed E-state index contributed by atoms with van der Waals surface area (Å²) in [5.74, 6) is 0.850. The minimum atomic E-state index is 0.703. The fourth-order valence-corrected chi connectivity index (χ4v) is 4.02. The monoisotopic (exact) mass is 387 g/mol. The number of nitriles is 1. The molecule has 0 fully saturated rings.